The van der Waals surface area contributed by atoms with Crippen molar-refractivity contribution < 1.29 is 9.18 Å². The van der Waals surface area contributed by atoms with Gasteiger partial charge in [-0.05, 0) is 34.0 Å². The second-order valence-electron chi connectivity index (χ2n) is 4.46. The summed E-state index contributed by atoms with van der Waals surface area (Å²) in [5.41, 5.74) is 0.746. The zero-order chi connectivity index (χ0) is 13.8. The molecule has 2 unspecified atom stereocenters. The normalized spacial score (nSPS) is 23.3. The minimum Gasteiger partial charge on any atom is -0.298 e. The second kappa shape index (κ2) is 7.14. The molecule has 0 aromatic heterocycles. The fourth-order valence-electron chi connectivity index (χ4n) is 2.17. The van der Waals surface area contributed by atoms with E-state index in [1.807, 2.05) is 17.8 Å². The first-order chi connectivity index (χ1) is 9.13. The van der Waals surface area contributed by atoms with Crippen molar-refractivity contribution in [1.82, 2.24) is 0 Å². The number of rotatable bonds is 4. The SMILES string of the molecule is CCC1SCCSC1C(=O)Cc1cccc(F)c1Br. The summed E-state index contributed by atoms with van der Waals surface area (Å²) >= 11 is 6.87. The zero-order valence-electron chi connectivity index (χ0n) is 10.7. The Kier molecular flexibility index (Phi) is 5.78. The van der Waals surface area contributed by atoms with Gasteiger partial charge in [0.2, 0.25) is 0 Å². The number of halogens is 2. The first-order valence-electron chi connectivity index (χ1n) is 6.32. The van der Waals surface area contributed by atoms with Gasteiger partial charge in [-0.25, -0.2) is 4.39 Å². The molecule has 104 valence electrons. The fraction of sp³-hybridized carbons (Fsp3) is 0.500. The van der Waals surface area contributed by atoms with Crippen molar-refractivity contribution in [2.24, 2.45) is 0 Å². The number of hydrogen-bond donors (Lipinski definition) is 0. The van der Waals surface area contributed by atoms with E-state index in [9.17, 15) is 9.18 Å². The summed E-state index contributed by atoms with van der Waals surface area (Å²) in [5, 5.41) is 0.456. The lowest BCUT2D eigenvalue weighted by atomic mass is 10.0. The predicted octanol–water partition coefficient (Wildman–Crippen LogP) is 4.33. The smallest absolute Gasteiger partial charge is 0.151 e. The Balaban J connectivity index is 2.09. The van der Waals surface area contributed by atoms with Crippen LogP contribution in [0.2, 0.25) is 0 Å². The van der Waals surface area contributed by atoms with Crippen LogP contribution in [-0.2, 0) is 11.2 Å². The summed E-state index contributed by atoms with van der Waals surface area (Å²) in [6.07, 6.45) is 1.32. The van der Waals surface area contributed by atoms with Crippen molar-refractivity contribution in [2.45, 2.75) is 30.3 Å². The van der Waals surface area contributed by atoms with Crippen LogP contribution in [0.15, 0.2) is 22.7 Å². The van der Waals surface area contributed by atoms with E-state index in [0.717, 1.165) is 23.5 Å². The highest BCUT2D eigenvalue weighted by Crippen LogP contribution is 2.34. The molecule has 0 amide bonds. The Hall–Kier alpha value is -0.000000000000000111. The van der Waals surface area contributed by atoms with E-state index in [2.05, 4.69) is 22.9 Å². The van der Waals surface area contributed by atoms with Crippen molar-refractivity contribution in [3.63, 3.8) is 0 Å². The number of benzene rings is 1. The van der Waals surface area contributed by atoms with Crippen molar-refractivity contribution in [3.05, 3.63) is 34.1 Å². The number of hydrogen-bond acceptors (Lipinski definition) is 3. The Morgan fingerprint density at radius 2 is 2.16 bits per heavy atom. The molecule has 1 aliphatic rings. The van der Waals surface area contributed by atoms with E-state index in [-0.39, 0.29) is 16.9 Å². The summed E-state index contributed by atoms with van der Waals surface area (Å²) < 4.78 is 13.9. The van der Waals surface area contributed by atoms with Gasteiger partial charge in [0.25, 0.3) is 0 Å². The predicted molar refractivity (Wildman–Crippen MR) is 85.6 cm³/mol. The Morgan fingerprint density at radius 3 is 2.89 bits per heavy atom. The number of ketones is 1. The average molecular weight is 363 g/mol. The van der Waals surface area contributed by atoms with E-state index >= 15 is 0 Å². The summed E-state index contributed by atoms with van der Waals surface area (Å²) in [7, 11) is 0. The first-order valence-corrected chi connectivity index (χ1v) is 9.21. The molecule has 0 spiro atoms. The molecule has 0 radical (unpaired) electrons. The Labute approximate surface area is 130 Å². The van der Waals surface area contributed by atoms with Crippen molar-refractivity contribution in [3.8, 4) is 0 Å². The van der Waals surface area contributed by atoms with Crippen LogP contribution in [0.1, 0.15) is 18.9 Å². The third kappa shape index (κ3) is 3.76. The van der Waals surface area contributed by atoms with Gasteiger partial charge in [-0.2, -0.15) is 11.8 Å². The van der Waals surface area contributed by atoms with E-state index < -0.39 is 0 Å². The average Bonchev–Trinajstić information content (AvgIpc) is 2.43. The van der Waals surface area contributed by atoms with Gasteiger partial charge in [0, 0.05) is 23.2 Å². The van der Waals surface area contributed by atoms with Crippen LogP contribution >= 0.6 is 39.5 Å². The lowest BCUT2D eigenvalue weighted by molar-refractivity contribution is -0.117. The highest BCUT2D eigenvalue weighted by atomic mass is 79.9. The molecule has 1 heterocycles. The van der Waals surface area contributed by atoms with Gasteiger partial charge in [-0.3, -0.25) is 4.79 Å². The molecule has 1 fully saturated rings. The molecule has 1 aliphatic heterocycles. The highest BCUT2D eigenvalue weighted by Gasteiger charge is 2.31. The molecule has 1 nitrogen and oxygen atoms in total. The van der Waals surface area contributed by atoms with Gasteiger partial charge in [0.1, 0.15) is 5.82 Å². The molecule has 0 aliphatic carbocycles. The van der Waals surface area contributed by atoms with Crippen molar-refractivity contribution in [1.29, 1.82) is 0 Å². The maximum atomic E-state index is 13.4. The molecule has 0 N–H and O–H groups in total. The standard InChI is InChI=1S/C14H16BrFOS2/c1-2-12-14(19-7-6-18-12)11(17)8-9-4-3-5-10(16)13(9)15/h3-5,12,14H,2,6-8H2,1H3. The Morgan fingerprint density at radius 1 is 1.42 bits per heavy atom. The molecule has 1 aromatic carbocycles. The second-order valence-corrected chi connectivity index (χ2v) is 7.85. The van der Waals surface area contributed by atoms with Crippen LogP contribution < -0.4 is 0 Å². The van der Waals surface area contributed by atoms with Gasteiger partial charge in [-0.15, -0.1) is 11.8 Å². The number of thioether (sulfide) groups is 2. The zero-order valence-corrected chi connectivity index (χ0v) is 13.9. The van der Waals surface area contributed by atoms with Crippen LogP contribution in [0, 0.1) is 5.82 Å². The van der Waals surface area contributed by atoms with E-state index in [1.54, 1.807) is 17.8 Å². The van der Waals surface area contributed by atoms with Crippen LogP contribution in [0.4, 0.5) is 4.39 Å². The van der Waals surface area contributed by atoms with E-state index in [0.29, 0.717) is 16.1 Å². The van der Waals surface area contributed by atoms with Crippen molar-refractivity contribution in [2.75, 3.05) is 11.5 Å². The number of carbonyl (C=O) groups excluding carboxylic acids is 1. The quantitative estimate of drug-likeness (QED) is 0.793. The monoisotopic (exact) mass is 362 g/mol. The van der Waals surface area contributed by atoms with E-state index in [1.165, 1.54) is 6.07 Å². The van der Waals surface area contributed by atoms with Crippen LogP contribution in [0.25, 0.3) is 0 Å². The molecular weight excluding hydrogens is 347 g/mol. The molecule has 2 atom stereocenters. The fourth-order valence-corrected chi connectivity index (χ4v) is 5.62. The lowest BCUT2D eigenvalue weighted by Gasteiger charge is -2.28. The molecule has 0 bridgehead atoms. The minimum atomic E-state index is -0.303. The highest BCUT2D eigenvalue weighted by molar-refractivity contribution is 9.10. The summed E-state index contributed by atoms with van der Waals surface area (Å²) in [6, 6.07) is 4.87. The molecule has 0 saturated carbocycles. The van der Waals surface area contributed by atoms with Gasteiger partial charge < -0.3 is 0 Å². The van der Waals surface area contributed by atoms with Crippen LogP contribution in [0.3, 0.4) is 0 Å². The maximum absolute atomic E-state index is 13.4. The number of carbonyl (C=O) groups is 1. The first kappa shape index (κ1) is 15.4. The van der Waals surface area contributed by atoms with Crippen LogP contribution in [-0.4, -0.2) is 27.8 Å². The topological polar surface area (TPSA) is 17.1 Å². The van der Waals surface area contributed by atoms with Gasteiger partial charge >= 0.3 is 0 Å². The van der Waals surface area contributed by atoms with Gasteiger partial charge in [0.05, 0.1) is 9.72 Å². The minimum absolute atomic E-state index is 0.0546. The summed E-state index contributed by atoms with van der Waals surface area (Å²) in [6.45, 7) is 2.13. The summed E-state index contributed by atoms with van der Waals surface area (Å²) in [5.74, 6) is 2.07. The molecule has 2 rings (SSSR count). The van der Waals surface area contributed by atoms with Gasteiger partial charge in [0.15, 0.2) is 5.78 Å². The van der Waals surface area contributed by atoms with Crippen LogP contribution in [0.5, 0.6) is 0 Å². The van der Waals surface area contributed by atoms with Gasteiger partial charge in [-0.1, -0.05) is 19.1 Å². The number of Topliss-reactive ketones (excluding diaryl/α,β-unsaturated/α-hetero) is 1. The lowest BCUT2D eigenvalue weighted by Crippen LogP contribution is -2.33. The summed E-state index contributed by atoms with van der Waals surface area (Å²) in [4.78, 5) is 12.4. The maximum Gasteiger partial charge on any atom is 0.151 e. The molecular formula is C14H16BrFOS2. The largest absolute Gasteiger partial charge is 0.298 e. The molecule has 5 heteroatoms. The molecule has 1 aromatic rings. The van der Waals surface area contributed by atoms with Crippen molar-refractivity contribution >= 4 is 45.2 Å². The molecule has 1 saturated heterocycles. The Bertz CT molecular complexity index is 467. The third-order valence-corrected chi connectivity index (χ3v) is 7.35. The third-order valence-electron chi connectivity index (χ3n) is 3.17. The molecule has 19 heavy (non-hydrogen) atoms. The van der Waals surface area contributed by atoms with E-state index in [4.69, 9.17) is 0 Å².